The summed E-state index contributed by atoms with van der Waals surface area (Å²) in [5, 5.41) is 9.20. The molecule has 0 unspecified atom stereocenters. The van der Waals surface area contributed by atoms with Crippen LogP contribution in [0, 0.1) is 48.5 Å². The highest BCUT2D eigenvalue weighted by atomic mass is 79.9. The number of anilines is 3. The number of esters is 8. The quantitative estimate of drug-likeness (QED) is 0.0229. The lowest BCUT2D eigenvalue weighted by atomic mass is 10.0. The molecular formula is C73H81Br3ClF4N3O20S3. The normalized spacial score (nSPS) is 10.5. The van der Waals surface area contributed by atoms with E-state index in [1.165, 1.54) is 61.3 Å². The van der Waals surface area contributed by atoms with Crippen LogP contribution in [0.15, 0.2) is 125 Å². The van der Waals surface area contributed by atoms with E-state index in [9.17, 15) is 69.1 Å². The lowest BCUT2D eigenvalue weighted by molar-refractivity contribution is -0.173. The molecule has 0 amide bonds. The van der Waals surface area contributed by atoms with Gasteiger partial charge in [0.25, 0.3) is 0 Å². The summed E-state index contributed by atoms with van der Waals surface area (Å²) in [6, 6.07) is 24.3. The second-order valence-corrected chi connectivity index (χ2v) is 28.5. The van der Waals surface area contributed by atoms with Crippen molar-refractivity contribution in [3.63, 3.8) is 0 Å². The molecule has 34 heteroatoms. The maximum absolute atomic E-state index is 14.3. The average molecular weight is 1770 g/mol. The van der Waals surface area contributed by atoms with Gasteiger partial charge in [0.1, 0.15) is 0 Å². The summed E-state index contributed by atoms with van der Waals surface area (Å²) in [4.78, 5) is 102. The summed E-state index contributed by atoms with van der Waals surface area (Å²) < 4.78 is 119. The molecule has 0 atom stereocenters. The molecule has 7 N–H and O–H groups in total. The number of halogens is 8. The molecule has 0 heterocycles. The van der Waals surface area contributed by atoms with Crippen LogP contribution in [0.2, 0.25) is 5.02 Å². The van der Waals surface area contributed by atoms with E-state index in [2.05, 4.69) is 85.7 Å². The third-order valence-corrected chi connectivity index (χ3v) is 19.8. The number of aromatic carboxylic acids is 1. The van der Waals surface area contributed by atoms with Crippen LogP contribution in [0.1, 0.15) is 136 Å². The van der Waals surface area contributed by atoms with Crippen molar-refractivity contribution in [3.8, 4) is 0 Å². The molecule has 7 aromatic carbocycles. The highest BCUT2D eigenvalue weighted by Crippen LogP contribution is 2.39. The maximum Gasteiger partial charge on any atom is 0.382 e. The largest absolute Gasteiger partial charge is 0.478 e. The van der Waals surface area contributed by atoms with E-state index in [1.54, 1.807) is 92.5 Å². The van der Waals surface area contributed by atoms with Gasteiger partial charge >= 0.3 is 65.6 Å². The zero-order valence-electron chi connectivity index (χ0n) is 61.3. The molecule has 0 aliphatic rings. The second-order valence-electron chi connectivity index (χ2n) is 21.9. The maximum atomic E-state index is 14.3. The third-order valence-electron chi connectivity index (χ3n) is 14.3. The fourth-order valence-corrected chi connectivity index (χ4v) is 12.7. The van der Waals surface area contributed by atoms with E-state index in [1.807, 2.05) is 40.0 Å². The number of hydrogen-bond donors (Lipinski definition) is 4. The average Bonchev–Trinajstić information content (AvgIpc) is 0.769. The van der Waals surface area contributed by atoms with E-state index in [-0.39, 0.29) is 58.7 Å². The number of sulfone groups is 1. The van der Waals surface area contributed by atoms with Crippen LogP contribution >= 0.6 is 82.9 Å². The molecule has 7 rings (SSSR count). The van der Waals surface area contributed by atoms with Gasteiger partial charge in [-0.2, -0.15) is 17.6 Å². The topological polar surface area (TPSA) is 360 Å². The lowest BCUT2D eigenvalue weighted by Crippen LogP contribution is -2.30. The van der Waals surface area contributed by atoms with Gasteiger partial charge in [-0.05, 0) is 259 Å². The number of thioether (sulfide) groups is 2. The van der Waals surface area contributed by atoms with Gasteiger partial charge in [0.05, 0.1) is 110 Å². The second kappa shape index (κ2) is 44.5. The Morgan fingerprint density at radius 2 is 0.748 bits per heavy atom. The van der Waals surface area contributed by atoms with Crippen molar-refractivity contribution < 1.29 is 112 Å². The summed E-state index contributed by atoms with van der Waals surface area (Å²) in [6.45, 7) is 14.4. The zero-order chi connectivity index (χ0) is 82.5. The minimum atomic E-state index is -4.23. The van der Waals surface area contributed by atoms with Crippen LogP contribution in [0.3, 0.4) is 0 Å². The van der Waals surface area contributed by atoms with Crippen molar-refractivity contribution in [1.82, 2.24) is 0 Å². The van der Waals surface area contributed by atoms with E-state index >= 15 is 0 Å². The van der Waals surface area contributed by atoms with Crippen molar-refractivity contribution in [2.45, 2.75) is 88.8 Å². The number of alkyl halides is 4. The van der Waals surface area contributed by atoms with E-state index in [0.717, 1.165) is 76.0 Å². The van der Waals surface area contributed by atoms with Crippen LogP contribution in [0.4, 0.5) is 34.6 Å². The summed E-state index contributed by atoms with van der Waals surface area (Å²) in [5.74, 6) is -15.5. The number of rotatable bonds is 16. The number of benzene rings is 7. The van der Waals surface area contributed by atoms with Gasteiger partial charge in [-0.1, -0.05) is 11.6 Å². The minimum absolute atomic E-state index is 0.00530. The van der Waals surface area contributed by atoms with Crippen molar-refractivity contribution in [1.29, 1.82) is 0 Å². The fourth-order valence-electron chi connectivity index (χ4n) is 8.76. The number of methoxy groups -OCH3 is 6. The van der Waals surface area contributed by atoms with Gasteiger partial charge in [0.2, 0.25) is 0 Å². The molecule has 0 fully saturated rings. The summed E-state index contributed by atoms with van der Waals surface area (Å²) in [7, 11) is 3.59. The fraction of sp³-hybridized carbons (Fsp3) is 0.301. The van der Waals surface area contributed by atoms with Crippen molar-refractivity contribution in [2.24, 2.45) is 0 Å². The summed E-state index contributed by atoms with van der Waals surface area (Å²) in [5.41, 5.74) is 23.7. The molecule has 0 spiro atoms. The van der Waals surface area contributed by atoms with E-state index in [4.69, 9.17) is 33.9 Å². The Labute approximate surface area is 656 Å². The summed E-state index contributed by atoms with van der Waals surface area (Å²) >= 11 is 18.4. The first-order chi connectivity index (χ1) is 49.7. The molecular weight excluding hydrogens is 1690 g/mol. The first-order valence-corrected chi connectivity index (χ1v) is 37.8. The number of carbonyl (C=O) groups is 9. The van der Waals surface area contributed by atoms with Crippen LogP contribution in [0.5, 0.6) is 0 Å². The van der Waals surface area contributed by atoms with E-state index in [0.29, 0.717) is 76.0 Å². The van der Waals surface area contributed by atoms with Gasteiger partial charge < -0.3 is 60.2 Å². The molecule has 107 heavy (non-hydrogen) atoms. The number of aryl methyl sites for hydroxylation is 7. The molecule has 0 bridgehead atoms. The SMILES string of the molecule is CCOC(=O)C(F)(F)c1cc(C(=O)OC)c(C)cc1S(C)(=O)=O.CCOC(=O)C(F)(F)c1cc(C(=O)OC)c(C)cc1SC.COC(=O)c1cc(Br)c(Cl)cc1C.COC(=O)c1cc(Br)c(N)cc1C.COC(=O)c1cc(Br)c(SC)cc1C.COC(=O)c1ccc(N)cc1C.Cc1cc(N)ccc1C(=O)O. The smallest absolute Gasteiger partial charge is 0.382 e. The van der Waals surface area contributed by atoms with Gasteiger partial charge in [-0.15, -0.1) is 23.5 Å². The molecule has 582 valence electrons. The molecule has 0 aliphatic carbocycles. The monoisotopic (exact) mass is 1760 g/mol. The Hall–Kier alpha value is -8.73. The number of carboxylic acid groups (broad SMARTS) is 1. The van der Waals surface area contributed by atoms with Gasteiger partial charge in [-0.25, -0.2) is 51.6 Å². The Kier molecular flexibility index (Phi) is 40.1. The van der Waals surface area contributed by atoms with Crippen molar-refractivity contribution in [2.75, 3.05) is 91.8 Å². The van der Waals surface area contributed by atoms with Crippen molar-refractivity contribution >= 4 is 164 Å². The van der Waals surface area contributed by atoms with E-state index < -0.39 is 67.6 Å². The predicted octanol–water partition coefficient (Wildman–Crippen LogP) is 16.2. The molecule has 0 aliphatic heterocycles. The lowest BCUT2D eigenvalue weighted by Gasteiger charge is -2.19. The Bertz CT molecular complexity index is 4460. The first kappa shape index (κ1) is 96.3. The minimum Gasteiger partial charge on any atom is -0.478 e. The number of hydrogen-bond acceptors (Lipinski definition) is 24. The first-order valence-electron chi connectivity index (χ1n) is 30.7. The molecule has 0 saturated heterocycles. The summed E-state index contributed by atoms with van der Waals surface area (Å²) in [6.07, 6.45) is 4.33. The standard InChI is InChI=1S/C14H16F2O6S.C14H16F2O4S.C10H11BrO2S.C9H8BrClO2.C9H10BrNO2.C9H11NO2.C8H9NO2/c1-5-22-13(18)14(15,16)10-7-9(12(17)21-3)8(2)6-11(10)23(4,19)20;1-5-20-13(18)14(15,16)10-7-9(12(17)19-3)8(2)6-11(10)21-4;1-6-4-9(14-3)8(11)5-7(6)10(12)13-2;2*1-5-3-8(11)7(10)4-6(5)9(12)13-2;1-6-5-7(10)3-4-8(6)9(11)12-2;1-5-4-6(9)2-3-7(5)8(10)11/h6-7H,5H2,1-4H3;6-7H,5H2,1-4H3;4-5H,1-3H3;3-4H,1-2H3;3-4H,11H2,1-2H3;3-5H,10H2,1-2H3;2-4H,9H2,1H3,(H,10,11). The Morgan fingerprint density at radius 1 is 0.439 bits per heavy atom. The zero-order valence-corrected chi connectivity index (χ0v) is 69.3. The number of nitrogens with two attached hydrogens (primary N) is 3. The predicted molar refractivity (Wildman–Crippen MR) is 412 cm³/mol. The highest BCUT2D eigenvalue weighted by molar-refractivity contribution is 9.11. The van der Waals surface area contributed by atoms with Crippen LogP contribution in [0.25, 0.3) is 0 Å². The molecule has 7 aromatic rings. The Balaban J connectivity index is 0.000000635. The number of nitrogen functional groups attached to an aromatic ring is 3. The third kappa shape index (κ3) is 28.1. The van der Waals surface area contributed by atoms with Crippen molar-refractivity contribution in [3.05, 3.63) is 205 Å². The van der Waals surface area contributed by atoms with Crippen LogP contribution in [-0.4, -0.2) is 142 Å². The molecule has 0 radical (unpaired) electrons. The number of carboxylic acids is 1. The van der Waals surface area contributed by atoms with Crippen LogP contribution in [-0.2, 0) is 69.2 Å². The van der Waals surface area contributed by atoms with Gasteiger partial charge in [-0.3, -0.25) is 0 Å². The molecule has 0 saturated carbocycles. The molecule has 23 nitrogen and oxygen atoms in total. The number of ether oxygens (including phenoxy) is 8. The highest BCUT2D eigenvalue weighted by Gasteiger charge is 2.47. The Morgan fingerprint density at radius 3 is 1.11 bits per heavy atom. The molecule has 0 aromatic heterocycles. The van der Waals surface area contributed by atoms with Gasteiger partial charge in [0.15, 0.2) is 9.84 Å². The number of carbonyl (C=O) groups excluding carboxylic acids is 8. The van der Waals surface area contributed by atoms with Gasteiger partial charge in [0, 0.05) is 52.1 Å². The van der Waals surface area contributed by atoms with Crippen LogP contribution < -0.4 is 17.2 Å².